The molecule has 0 saturated heterocycles. The van der Waals surface area contributed by atoms with Gasteiger partial charge >= 0.3 is 0 Å². The van der Waals surface area contributed by atoms with Gasteiger partial charge in [-0.05, 0) is 25.7 Å². The molecule has 0 aliphatic heterocycles. The number of anilines is 1. The molecule has 0 aromatic carbocycles. The van der Waals surface area contributed by atoms with Gasteiger partial charge in [-0.2, -0.15) is 4.98 Å². The highest BCUT2D eigenvalue weighted by Gasteiger charge is 2.26. The van der Waals surface area contributed by atoms with Crippen molar-refractivity contribution in [3.63, 3.8) is 0 Å². The summed E-state index contributed by atoms with van der Waals surface area (Å²) in [6.07, 6.45) is 6.45. The summed E-state index contributed by atoms with van der Waals surface area (Å²) in [5.74, 6) is 2.05. The Balaban J connectivity index is 2.11. The molecule has 1 aromatic heterocycles. The van der Waals surface area contributed by atoms with E-state index in [-0.39, 0.29) is 0 Å². The summed E-state index contributed by atoms with van der Waals surface area (Å²) >= 11 is 5.77. The first-order chi connectivity index (χ1) is 8.35. The number of halogens is 1. The van der Waals surface area contributed by atoms with Crippen LogP contribution in [0, 0.1) is 0 Å². The van der Waals surface area contributed by atoms with Gasteiger partial charge in [-0.3, -0.25) is 0 Å². The molecule has 2 rings (SSSR count). The Morgan fingerprint density at radius 3 is 2.94 bits per heavy atom. The Morgan fingerprint density at radius 2 is 2.35 bits per heavy atom. The molecule has 1 heterocycles. The zero-order valence-electron chi connectivity index (χ0n) is 10.1. The number of alkyl halides is 1. The van der Waals surface area contributed by atoms with Crippen molar-refractivity contribution in [2.45, 2.75) is 31.7 Å². The van der Waals surface area contributed by atoms with E-state index in [0.29, 0.717) is 17.8 Å². The fourth-order valence-corrected chi connectivity index (χ4v) is 2.08. The molecule has 1 aromatic rings. The molecule has 94 valence electrons. The summed E-state index contributed by atoms with van der Waals surface area (Å²) in [5, 5.41) is 0. The van der Waals surface area contributed by atoms with Crippen molar-refractivity contribution in [1.29, 1.82) is 0 Å². The maximum Gasteiger partial charge on any atom is 0.228 e. The van der Waals surface area contributed by atoms with E-state index < -0.39 is 0 Å². The first-order valence-corrected chi connectivity index (χ1v) is 6.58. The fraction of sp³-hybridized carbons (Fsp3) is 0.667. The van der Waals surface area contributed by atoms with Crippen molar-refractivity contribution in [2.24, 2.45) is 0 Å². The lowest BCUT2D eigenvalue weighted by Gasteiger charge is -2.37. The molecule has 0 atom stereocenters. The Bertz CT molecular complexity index is 357. The molecule has 1 saturated carbocycles. The number of nitrogens with zero attached hydrogens (tertiary/aromatic N) is 3. The number of methoxy groups -OCH3 is 1. The van der Waals surface area contributed by atoms with Gasteiger partial charge in [0, 0.05) is 30.7 Å². The van der Waals surface area contributed by atoms with E-state index in [2.05, 4.69) is 14.9 Å². The zero-order chi connectivity index (χ0) is 12.1. The zero-order valence-corrected chi connectivity index (χ0v) is 10.9. The number of ether oxygens (including phenoxy) is 1. The van der Waals surface area contributed by atoms with Crippen LogP contribution in [-0.4, -0.2) is 35.5 Å². The van der Waals surface area contributed by atoms with Gasteiger partial charge in [-0.15, -0.1) is 11.6 Å². The third-order valence-electron chi connectivity index (χ3n) is 3.13. The summed E-state index contributed by atoms with van der Waals surface area (Å²) in [5.41, 5.74) is 0. The minimum atomic E-state index is 0.574. The quantitative estimate of drug-likeness (QED) is 0.732. The van der Waals surface area contributed by atoms with Gasteiger partial charge in [-0.25, -0.2) is 4.98 Å². The summed E-state index contributed by atoms with van der Waals surface area (Å²) in [4.78, 5) is 11.0. The topological polar surface area (TPSA) is 38.2 Å². The van der Waals surface area contributed by atoms with Crippen LogP contribution in [0.25, 0.3) is 0 Å². The minimum Gasteiger partial charge on any atom is -0.481 e. The molecular weight excluding hydrogens is 238 g/mol. The summed E-state index contributed by atoms with van der Waals surface area (Å²) < 4.78 is 5.14. The predicted molar refractivity (Wildman–Crippen MR) is 68.9 cm³/mol. The van der Waals surface area contributed by atoms with E-state index in [4.69, 9.17) is 16.3 Å². The molecule has 1 aliphatic rings. The van der Waals surface area contributed by atoms with Gasteiger partial charge in [0.25, 0.3) is 0 Å². The van der Waals surface area contributed by atoms with Gasteiger partial charge in [0.15, 0.2) is 0 Å². The predicted octanol–water partition coefficient (Wildman–Crippen LogP) is 2.47. The highest BCUT2D eigenvalue weighted by Crippen LogP contribution is 2.28. The van der Waals surface area contributed by atoms with Crippen LogP contribution < -0.4 is 9.64 Å². The smallest absolute Gasteiger partial charge is 0.228 e. The van der Waals surface area contributed by atoms with E-state index in [1.165, 1.54) is 19.3 Å². The number of aromatic nitrogens is 2. The maximum atomic E-state index is 5.77. The molecule has 1 aliphatic carbocycles. The van der Waals surface area contributed by atoms with Gasteiger partial charge in [-0.1, -0.05) is 0 Å². The van der Waals surface area contributed by atoms with Gasteiger partial charge < -0.3 is 9.64 Å². The van der Waals surface area contributed by atoms with E-state index in [9.17, 15) is 0 Å². The third-order valence-corrected chi connectivity index (χ3v) is 3.40. The first kappa shape index (κ1) is 12.4. The number of hydrogen-bond donors (Lipinski definition) is 0. The number of hydrogen-bond acceptors (Lipinski definition) is 4. The normalized spacial score (nSPS) is 15.4. The van der Waals surface area contributed by atoms with Crippen LogP contribution in [0.2, 0.25) is 0 Å². The van der Waals surface area contributed by atoms with Crippen LogP contribution in [0.4, 0.5) is 5.95 Å². The summed E-state index contributed by atoms with van der Waals surface area (Å²) in [7, 11) is 1.62. The lowest BCUT2D eigenvalue weighted by Crippen LogP contribution is -2.42. The Hall–Kier alpha value is -1.03. The van der Waals surface area contributed by atoms with Crippen LogP contribution in [-0.2, 0) is 0 Å². The molecular formula is C12H18ClN3O. The number of rotatable bonds is 6. The van der Waals surface area contributed by atoms with E-state index >= 15 is 0 Å². The molecule has 17 heavy (non-hydrogen) atoms. The van der Waals surface area contributed by atoms with Crippen LogP contribution in [0.1, 0.15) is 25.7 Å². The standard InChI is InChI=1S/C12H18ClN3O/c1-17-11-6-8-14-12(15-11)16(9-3-7-13)10-4-2-5-10/h6,8,10H,2-5,7,9H2,1H3. The highest BCUT2D eigenvalue weighted by atomic mass is 35.5. The van der Waals surface area contributed by atoms with Crippen LogP contribution in [0.3, 0.4) is 0 Å². The second-order valence-corrected chi connectivity index (χ2v) is 4.60. The maximum absolute atomic E-state index is 5.77. The first-order valence-electron chi connectivity index (χ1n) is 6.05. The minimum absolute atomic E-state index is 0.574. The van der Waals surface area contributed by atoms with E-state index in [1.807, 2.05) is 0 Å². The average Bonchev–Trinajstić information content (AvgIpc) is 2.32. The van der Waals surface area contributed by atoms with E-state index in [0.717, 1.165) is 18.9 Å². The van der Waals surface area contributed by atoms with Gasteiger partial charge in [0.2, 0.25) is 11.8 Å². The van der Waals surface area contributed by atoms with Crippen LogP contribution in [0.15, 0.2) is 12.3 Å². The lowest BCUT2D eigenvalue weighted by atomic mass is 9.91. The van der Waals surface area contributed by atoms with Crippen molar-refractivity contribution >= 4 is 17.5 Å². The van der Waals surface area contributed by atoms with Crippen molar-refractivity contribution in [2.75, 3.05) is 24.4 Å². The molecule has 0 amide bonds. The molecule has 0 bridgehead atoms. The Labute approximate surface area is 107 Å². The van der Waals surface area contributed by atoms with Crippen molar-refractivity contribution in [3.8, 4) is 5.88 Å². The fourth-order valence-electron chi connectivity index (χ4n) is 1.96. The van der Waals surface area contributed by atoms with Crippen molar-refractivity contribution in [1.82, 2.24) is 9.97 Å². The van der Waals surface area contributed by atoms with Gasteiger partial charge in [0.1, 0.15) is 0 Å². The Morgan fingerprint density at radius 1 is 1.53 bits per heavy atom. The van der Waals surface area contributed by atoms with Crippen LogP contribution in [0.5, 0.6) is 5.88 Å². The van der Waals surface area contributed by atoms with Crippen molar-refractivity contribution in [3.05, 3.63) is 12.3 Å². The SMILES string of the molecule is COc1ccnc(N(CCCCl)C2CCC2)n1. The molecule has 0 unspecified atom stereocenters. The largest absolute Gasteiger partial charge is 0.481 e. The van der Waals surface area contributed by atoms with Crippen LogP contribution >= 0.6 is 11.6 Å². The molecule has 5 heteroatoms. The van der Waals surface area contributed by atoms with E-state index in [1.54, 1.807) is 19.4 Å². The van der Waals surface area contributed by atoms with Crippen molar-refractivity contribution < 1.29 is 4.74 Å². The molecule has 1 fully saturated rings. The molecule has 0 spiro atoms. The second-order valence-electron chi connectivity index (χ2n) is 4.22. The van der Waals surface area contributed by atoms with Gasteiger partial charge in [0.05, 0.1) is 7.11 Å². The second kappa shape index (κ2) is 6.05. The molecule has 0 radical (unpaired) electrons. The third kappa shape index (κ3) is 3.00. The highest BCUT2D eigenvalue weighted by molar-refractivity contribution is 6.17. The Kier molecular flexibility index (Phi) is 4.42. The molecule has 0 N–H and O–H groups in total. The summed E-state index contributed by atoms with van der Waals surface area (Å²) in [6, 6.07) is 2.34. The summed E-state index contributed by atoms with van der Waals surface area (Å²) in [6.45, 7) is 0.918. The lowest BCUT2D eigenvalue weighted by molar-refractivity contribution is 0.373. The monoisotopic (exact) mass is 255 g/mol. The average molecular weight is 256 g/mol. The molecule has 4 nitrogen and oxygen atoms in total.